The number of amides is 1. The molecule has 0 saturated heterocycles. The molecule has 1 heterocycles. The second-order valence-corrected chi connectivity index (χ2v) is 3.64. The quantitative estimate of drug-likeness (QED) is 0.829. The van der Waals surface area contributed by atoms with Crippen LogP contribution >= 0.6 is 0 Å². The second-order valence-electron chi connectivity index (χ2n) is 3.64. The molecule has 0 spiro atoms. The molecule has 2 rings (SSSR count). The predicted octanol–water partition coefficient (Wildman–Crippen LogP) is 2.35. The number of nitrogens with one attached hydrogen (secondary N) is 1. The molecule has 0 atom stereocenters. The van der Waals surface area contributed by atoms with Crippen LogP contribution < -0.4 is 5.32 Å². The van der Waals surface area contributed by atoms with Crippen molar-refractivity contribution < 1.29 is 9.90 Å². The molecule has 17 heavy (non-hydrogen) atoms. The fourth-order valence-corrected chi connectivity index (χ4v) is 1.46. The minimum atomic E-state index is -0.374. The summed E-state index contributed by atoms with van der Waals surface area (Å²) in [6.07, 6.45) is 0. The summed E-state index contributed by atoms with van der Waals surface area (Å²) in [4.78, 5) is 16.0. The third kappa shape index (κ3) is 2.60. The topological polar surface area (TPSA) is 62.2 Å². The first-order chi connectivity index (χ1) is 8.16. The van der Waals surface area contributed by atoms with E-state index in [4.69, 9.17) is 0 Å². The smallest absolute Gasteiger partial charge is 0.260 e. The van der Waals surface area contributed by atoms with Crippen LogP contribution in [0.15, 0.2) is 42.5 Å². The SMILES string of the molecule is Cc1cccc(NC(=O)c2ccccc2O)n1. The van der Waals surface area contributed by atoms with Crippen LogP contribution in [0, 0.1) is 6.92 Å². The van der Waals surface area contributed by atoms with E-state index in [9.17, 15) is 9.90 Å². The van der Waals surface area contributed by atoms with Crippen molar-refractivity contribution in [2.75, 3.05) is 5.32 Å². The molecule has 0 bridgehead atoms. The Bertz CT molecular complexity index is 553. The molecule has 2 aromatic rings. The van der Waals surface area contributed by atoms with Gasteiger partial charge in [-0.1, -0.05) is 18.2 Å². The van der Waals surface area contributed by atoms with Gasteiger partial charge in [0.1, 0.15) is 11.6 Å². The molecular weight excluding hydrogens is 216 g/mol. The Labute approximate surface area is 98.9 Å². The number of rotatable bonds is 2. The number of para-hydroxylation sites is 1. The lowest BCUT2D eigenvalue weighted by Crippen LogP contribution is -2.13. The van der Waals surface area contributed by atoms with Gasteiger partial charge in [-0.05, 0) is 31.2 Å². The largest absolute Gasteiger partial charge is 0.507 e. The van der Waals surface area contributed by atoms with Crippen molar-refractivity contribution in [1.82, 2.24) is 4.98 Å². The van der Waals surface area contributed by atoms with Crippen LogP contribution in [-0.4, -0.2) is 16.0 Å². The third-order valence-corrected chi connectivity index (χ3v) is 2.28. The maximum Gasteiger partial charge on any atom is 0.260 e. The summed E-state index contributed by atoms with van der Waals surface area (Å²) >= 11 is 0. The number of anilines is 1. The summed E-state index contributed by atoms with van der Waals surface area (Å²) in [5.41, 5.74) is 1.05. The van der Waals surface area contributed by atoms with Crippen molar-refractivity contribution in [1.29, 1.82) is 0 Å². The zero-order valence-corrected chi connectivity index (χ0v) is 9.34. The summed E-state index contributed by atoms with van der Waals surface area (Å²) in [5, 5.41) is 12.2. The summed E-state index contributed by atoms with van der Waals surface area (Å²) in [7, 11) is 0. The van der Waals surface area contributed by atoms with Crippen LogP contribution in [0.2, 0.25) is 0 Å². The molecule has 0 fully saturated rings. The molecular formula is C13H12N2O2. The first-order valence-corrected chi connectivity index (χ1v) is 5.20. The van der Waals surface area contributed by atoms with E-state index in [-0.39, 0.29) is 17.2 Å². The van der Waals surface area contributed by atoms with E-state index in [0.29, 0.717) is 5.82 Å². The highest BCUT2D eigenvalue weighted by Crippen LogP contribution is 2.17. The molecule has 86 valence electrons. The molecule has 0 saturated carbocycles. The fraction of sp³-hybridized carbons (Fsp3) is 0.0769. The lowest BCUT2D eigenvalue weighted by atomic mass is 10.2. The zero-order chi connectivity index (χ0) is 12.3. The number of hydrogen-bond acceptors (Lipinski definition) is 3. The molecule has 0 aliphatic rings. The van der Waals surface area contributed by atoms with Crippen LogP contribution in [0.1, 0.15) is 16.1 Å². The molecule has 0 aliphatic carbocycles. The molecule has 2 N–H and O–H groups in total. The van der Waals surface area contributed by atoms with Gasteiger partial charge in [0.2, 0.25) is 0 Å². The Morgan fingerprint density at radius 2 is 1.94 bits per heavy atom. The number of carbonyl (C=O) groups excluding carboxylic acids is 1. The van der Waals surface area contributed by atoms with E-state index in [0.717, 1.165) is 5.69 Å². The molecule has 0 unspecified atom stereocenters. The normalized spacial score (nSPS) is 9.94. The van der Waals surface area contributed by atoms with Crippen LogP contribution in [0.4, 0.5) is 5.82 Å². The number of benzene rings is 1. The van der Waals surface area contributed by atoms with E-state index in [1.165, 1.54) is 6.07 Å². The average Bonchev–Trinajstić information content (AvgIpc) is 2.29. The molecule has 1 amide bonds. The number of carbonyl (C=O) groups is 1. The number of aromatic hydroxyl groups is 1. The van der Waals surface area contributed by atoms with E-state index in [2.05, 4.69) is 10.3 Å². The van der Waals surface area contributed by atoms with Crippen molar-refractivity contribution in [3.63, 3.8) is 0 Å². The molecule has 1 aromatic heterocycles. The number of phenols is 1. The number of pyridine rings is 1. The highest BCUT2D eigenvalue weighted by atomic mass is 16.3. The van der Waals surface area contributed by atoms with Crippen LogP contribution in [0.3, 0.4) is 0 Å². The van der Waals surface area contributed by atoms with Gasteiger partial charge in [-0.15, -0.1) is 0 Å². The van der Waals surface area contributed by atoms with Gasteiger partial charge in [-0.3, -0.25) is 4.79 Å². The molecule has 4 heteroatoms. The summed E-state index contributed by atoms with van der Waals surface area (Å²) in [6.45, 7) is 1.84. The van der Waals surface area contributed by atoms with Gasteiger partial charge >= 0.3 is 0 Å². The lowest BCUT2D eigenvalue weighted by molar-refractivity contribution is 0.102. The summed E-state index contributed by atoms with van der Waals surface area (Å²) < 4.78 is 0. The van der Waals surface area contributed by atoms with E-state index >= 15 is 0 Å². The van der Waals surface area contributed by atoms with E-state index in [1.807, 2.05) is 19.1 Å². The second kappa shape index (κ2) is 4.65. The summed E-state index contributed by atoms with van der Waals surface area (Å²) in [5.74, 6) is 0.0529. The predicted molar refractivity (Wildman–Crippen MR) is 65.0 cm³/mol. The lowest BCUT2D eigenvalue weighted by Gasteiger charge is -2.06. The first-order valence-electron chi connectivity index (χ1n) is 5.20. The standard InChI is InChI=1S/C13H12N2O2/c1-9-5-4-8-12(14-9)15-13(17)10-6-2-3-7-11(10)16/h2-8,16H,1H3,(H,14,15,17). The fourth-order valence-electron chi connectivity index (χ4n) is 1.46. The monoisotopic (exact) mass is 228 g/mol. The summed E-state index contributed by atoms with van der Waals surface area (Å²) in [6, 6.07) is 11.7. The Morgan fingerprint density at radius 3 is 2.65 bits per heavy atom. The first kappa shape index (κ1) is 11.1. The Hall–Kier alpha value is -2.36. The van der Waals surface area contributed by atoms with Gasteiger partial charge in [0.15, 0.2) is 0 Å². The van der Waals surface area contributed by atoms with Gasteiger partial charge < -0.3 is 10.4 Å². The maximum atomic E-state index is 11.8. The molecule has 1 aromatic carbocycles. The molecule has 0 radical (unpaired) electrons. The minimum absolute atomic E-state index is 0.0438. The highest BCUT2D eigenvalue weighted by molar-refractivity contribution is 6.05. The van der Waals surface area contributed by atoms with Crippen molar-refractivity contribution in [3.05, 3.63) is 53.7 Å². The number of aromatic nitrogens is 1. The van der Waals surface area contributed by atoms with Crippen molar-refractivity contribution in [3.8, 4) is 5.75 Å². The Morgan fingerprint density at radius 1 is 1.18 bits per heavy atom. The van der Waals surface area contributed by atoms with Gasteiger partial charge in [-0.2, -0.15) is 0 Å². The van der Waals surface area contributed by atoms with Crippen molar-refractivity contribution in [2.45, 2.75) is 6.92 Å². The number of hydrogen-bond donors (Lipinski definition) is 2. The van der Waals surface area contributed by atoms with Gasteiger partial charge in [0.05, 0.1) is 5.56 Å². The Balaban J connectivity index is 2.20. The minimum Gasteiger partial charge on any atom is -0.507 e. The van der Waals surface area contributed by atoms with Gasteiger partial charge in [0.25, 0.3) is 5.91 Å². The zero-order valence-electron chi connectivity index (χ0n) is 9.34. The average molecular weight is 228 g/mol. The third-order valence-electron chi connectivity index (χ3n) is 2.28. The Kier molecular flexibility index (Phi) is 3.05. The molecule has 4 nitrogen and oxygen atoms in total. The van der Waals surface area contributed by atoms with Crippen molar-refractivity contribution >= 4 is 11.7 Å². The number of nitrogens with zero attached hydrogens (tertiary/aromatic N) is 1. The number of aryl methyl sites for hydroxylation is 1. The van der Waals surface area contributed by atoms with Crippen LogP contribution in [0.25, 0.3) is 0 Å². The van der Waals surface area contributed by atoms with E-state index < -0.39 is 0 Å². The van der Waals surface area contributed by atoms with Crippen LogP contribution in [0.5, 0.6) is 5.75 Å². The molecule has 0 aliphatic heterocycles. The van der Waals surface area contributed by atoms with Gasteiger partial charge in [-0.25, -0.2) is 4.98 Å². The van der Waals surface area contributed by atoms with Gasteiger partial charge in [0, 0.05) is 5.69 Å². The van der Waals surface area contributed by atoms with Crippen molar-refractivity contribution in [2.24, 2.45) is 0 Å². The van der Waals surface area contributed by atoms with Crippen LogP contribution in [-0.2, 0) is 0 Å². The van der Waals surface area contributed by atoms with E-state index in [1.54, 1.807) is 24.3 Å². The maximum absolute atomic E-state index is 11.8. The number of phenolic OH excluding ortho intramolecular Hbond substituents is 1. The highest BCUT2D eigenvalue weighted by Gasteiger charge is 2.10.